The Kier molecular flexibility index (Phi) is 5.91. The Labute approximate surface area is 145 Å². The van der Waals surface area contributed by atoms with Crippen LogP contribution in [0.4, 0.5) is 0 Å². The molecule has 6 nitrogen and oxygen atoms in total. The van der Waals surface area contributed by atoms with Crippen molar-refractivity contribution in [2.24, 2.45) is 5.73 Å². The molecule has 0 aliphatic heterocycles. The molecule has 126 valence electrons. The van der Waals surface area contributed by atoms with Crippen LogP contribution in [0.5, 0.6) is 0 Å². The van der Waals surface area contributed by atoms with Crippen molar-refractivity contribution in [1.29, 1.82) is 0 Å². The Morgan fingerprint density at radius 1 is 0.960 bits per heavy atom. The van der Waals surface area contributed by atoms with Crippen molar-refractivity contribution in [1.82, 2.24) is 5.32 Å². The van der Waals surface area contributed by atoms with Crippen molar-refractivity contribution in [3.05, 3.63) is 70.8 Å². The third-order valence-electron chi connectivity index (χ3n) is 3.31. The number of hydrogen-bond donors (Lipinski definition) is 2. The van der Waals surface area contributed by atoms with E-state index in [1.165, 1.54) is 31.4 Å². The number of esters is 1. The number of methoxy groups -OCH3 is 1. The van der Waals surface area contributed by atoms with Crippen LogP contribution in [-0.2, 0) is 4.74 Å². The fourth-order valence-corrected chi connectivity index (χ4v) is 1.97. The molecule has 0 aromatic heterocycles. The van der Waals surface area contributed by atoms with Crippen LogP contribution in [0.2, 0.25) is 0 Å². The van der Waals surface area contributed by atoms with Gasteiger partial charge in [-0.3, -0.25) is 9.59 Å². The third-order valence-corrected chi connectivity index (χ3v) is 3.31. The highest BCUT2D eigenvalue weighted by molar-refractivity contribution is 5.96. The standard InChI is InChI=1S/C19H16N2O4/c1-25-19(24)16-10-8-15(9-11-16)18(23)21-12-2-3-13-4-6-14(7-5-13)17(20)22/h4-11H,12H2,1H3,(H2,20,22)(H,21,23). The molecule has 2 aromatic rings. The Morgan fingerprint density at radius 2 is 1.52 bits per heavy atom. The summed E-state index contributed by atoms with van der Waals surface area (Å²) in [6.07, 6.45) is 0. The molecular formula is C19H16N2O4. The second-order valence-electron chi connectivity index (χ2n) is 4.99. The van der Waals surface area contributed by atoms with Crippen LogP contribution in [0.3, 0.4) is 0 Å². The molecule has 0 heterocycles. The van der Waals surface area contributed by atoms with Crippen molar-refractivity contribution < 1.29 is 19.1 Å². The zero-order valence-electron chi connectivity index (χ0n) is 13.5. The van der Waals surface area contributed by atoms with Crippen molar-refractivity contribution in [2.45, 2.75) is 0 Å². The summed E-state index contributed by atoms with van der Waals surface area (Å²) < 4.78 is 4.60. The molecule has 25 heavy (non-hydrogen) atoms. The molecule has 0 unspecified atom stereocenters. The van der Waals surface area contributed by atoms with E-state index in [9.17, 15) is 14.4 Å². The zero-order chi connectivity index (χ0) is 18.2. The molecule has 0 saturated heterocycles. The highest BCUT2D eigenvalue weighted by Gasteiger charge is 2.08. The Morgan fingerprint density at radius 3 is 2.08 bits per heavy atom. The summed E-state index contributed by atoms with van der Waals surface area (Å²) in [5, 5.41) is 2.66. The van der Waals surface area contributed by atoms with Crippen molar-refractivity contribution in [2.75, 3.05) is 13.7 Å². The van der Waals surface area contributed by atoms with Gasteiger partial charge in [0.15, 0.2) is 0 Å². The number of benzene rings is 2. The lowest BCUT2D eigenvalue weighted by Crippen LogP contribution is -2.23. The lowest BCUT2D eigenvalue weighted by molar-refractivity contribution is 0.0600. The van der Waals surface area contributed by atoms with Crippen LogP contribution in [0, 0.1) is 11.8 Å². The molecule has 0 aliphatic rings. The van der Waals surface area contributed by atoms with Gasteiger partial charge in [-0.1, -0.05) is 11.8 Å². The van der Waals surface area contributed by atoms with E-state index >= 15 is 0 Å². The van der Waals surface area contributed by atoms with Gasteiger partial charge in [0.05, 0.1) is 19.2 Å². The highest BCUT2D eigenvalue weighted by atomic mass is 16.5. The van der Waals surface area contributed by atoms with Gasteiger partial charge in [0.25, 0.3) is 5.91 Å². The summed E-state index contributed by atoms with van der Waals surface area (Å²) >= 11 is 0. The van der Waals surface area contributed by atoms with Gasteiger partial charge < -0.3 is 15.8 Å². The monoisotopic (exact) mass is 336 g/mol. The van der Waals surface area contributed by atoms with E-state index < -0.39 is 11.9 Å². The Hall–Kier alpha value is -3.59. The van der Waals surface area contributed by atoms with E-state index in [1.54, 1.807) is 24.3 Å². The predicted octanol–water partition coefficient (Wildman–Crippen LogP) is 1.35. The van der Waals surface area contributed by atoms with Gasteiger partial charge in [-0.25, -0.2) is 4.79 Å². The van der Waals surface area contributed by atoms with Gasteiger partial charge in [-0.2, -0.15) is 0 Å². The maximum atomic E-state index is 12.0. The Bertz CT molecular complexity index is 844. The number of ether oxygens (including phenoxy) is 1. The average molecular weight is 336 g/mol. The maximum Gasteiger partial charge on any atom is 0.337 e. The second-order valence-corrected chi connectivity index (χ2v) is 4.99. The number of nitrogens with one attached hydrogen (secondary N) is 1. The number of primary amides is 1. The van der Waals surface area contributed by atoms with Gasteiger partial charge in [0, 0.05) is 16.7 Å². The summed E-state index contributed by atoms with van der Waals surface area (Å²) in [4.78, 5) is 34.3. The van der Waals surface area contributed by atoms with Gasteiger partial charge in [-0.05, 0) is 48.5 Å². The molecule has 0 radical (unpaired) electrons. The van der Waals surface area contributed by atoms with Gasteiger partial charge in [0.2, 0.25) is 5.91 Å². The summed E-state index contributed by atoms with van der Waals surface area (Å²) in [7, 11) is 1.29. The summed E-state index contributed by atoms with van der Waals surface area (Å²) in [6, 6.07) is 12.7. The zero-order valence-corrected chi connectivity index (χ0v) is 13.5. The molecule has 0 bridgehead atoms. The fourth-order valence-electron chi connectivity index (χ4n) is 1.97. The maximum absolute atomic E-state index is 12.0. The summed E-state index contributed by atoms with van der Waals surface area (Å²) in [5.74, 6) is 4.44. The Balaban J connectivity index is 1.90. The van der Waals surface area contributed by atoms with E-state index in [0.717, 1.165) is 0 Å². The molecule has 2 aromatic carbocycles. The smallest absolute Gasteiger partial charge is 0.337 e. The first-order valence-electron chi connectivity index (χ1n) is 7.36. The highest BCUT2D eigenvalue weighted by Crippen LogP contribution is 2.05. The third kappa shape index (κ3) is 4.94. The molecule has 0 spiro atoms. The number of nitrogens with two attached hydrogens (primary N) is 1. The van der Waals surface area contributed by atoms with E-state index in [2.05, 4.69) is 21.9 Å². The number of carbonyl (C=O) groups is 3. The van der Waals surface area contributed by atoms with E-state index in [-0.39, 0.29) is 12.5 Å². The first-order valence-corrected chi connectivity index (χ1v) is 7.36. The second kappa shape index (κ2) is 8.31. The molecule has 2 rings (SSSR count). The lowest BCUT2D eigenvalue weighted by atomic mass is 10.1. The molecule has 0 atom stereocenters. The normalized spacial score (nSPS) is 9.48. The molecule has 0 saturated carbocycles. The van der Waals surface area contributed by atoms with Crippen LogP contribution in [0.25, 0.3) is 0 Å². The lowest BCUT2D eigenvalue weighted by Gasteiger charge is -2.03. The molecule has 6 heteroatoms. The predicted molar refractivity (Wildman–Crippen MR) is 92.0 cm³/mol. The number of amides is 2. The summed E-state index contributed by atoms with van der Waals surface area (Å²) in [5.41, 5.74) is 7.07. The average Bonchev–Trinajstić information content (AvgIpc) is 2.65. The number of rotatable bonds is 4. The molecule has 0 aliphatic carbocycles. The van der Waals surface area contributed by atoms with Crippen LogP contribution in [0.15, 0.2) is 48.5 Å². The molecule has 0 fully saturated rings. The van der Waals surface area contributed by atoms with Gasteiger partial charge in [0.1, 0.15) is 0 Å². The van der Waals surface area contributed by atoms with Crippen LogP contribution in [-0.4, -0.2) is 31.4 Å². The van der Waals surface area contributed by atoms with Crippen molar-refractivity contribution in [3.8, 4) is 11.8 Å². The minimum Gasteiger partial charge on any atom is -0.465 e. The van der Waals surface area contributed by atoms with Crippen LogP contribution in [0.1, 0.15) is 36.6 Å². The van der Waals surface area contributed by atoms with E-state index in [4.69, 9.17) is 5.73 Å². The topological polar surface area (TPSA) is 98.5 Å². The molecule has 3 N–H and O–H groups in total. The number of carbonyl (C=O) groups excluding carboxylic acids is 3. The van der Waals surface area contributed by atoms with Crippen LogP contribution < -0.4 is 11.1 Å². The van der Waals surface area contributed by atoms with Gasteiger partial charge >= 0.3 is 5.97 Å². The molecule has 2 amide bonds. The minimum absolute atomic E-state index is 0.162. The first kappa shape index (κ1) is 17.8. The minimum atomic E-state index is -0.495. The van der Waals surface area contributed by atoms with Crippen molar-refractivity contribution >= 4 is 17.8 Å². The van der Waals surface area contributed by atoms with Crippen molar-refractivity contribution in [3.63, 3.8) is 0 Å². The van der Waals surface area contributed by atoms with Gasteiger partial charge in [-0.15, -0.1) is 0 Å². The fraction of sp³-hybridized carbons (Fsp3) is 0.105. The largest absolute Gasteiger partial charge is 0.465 e. The first-order chi connectivity index (χ1) is 12.0. The van der Waals surface area contributed by atoms with E-state index in [0.29, 0.717) is 22.3 Å². The van der Waals surface area contributed by atoms with E-state index in [1.807, 2.05) is 0 Å². The molecular weight excluding hydrogens is 320 g/mol. The quantitative estimate of drug-likeness (QED) is 0.650. The number of hydrogen-bond acceptors (Lipinski definition) is 4. The van der Waals surface area contributed by atoms with Crippen LogP contribution >= 0.6 is 0 Å². The summed E-state index contributed by atoms with van der Waals surface area (Å²) in [6.45, 7) is 0.162. The SMILES string of the molecule is COC(=O)c1ccc(C(=O)NCC#Cc2ccc(C(N)=O)cc2)cc1.